The SMILES string of the molecule is C[Si](C)(C)CCOC(=O)[C@H](N)CN(C(=O)CBr)[C@@](CC[Si](C)(C)C)(CC(N)=O)C(=O)O. The Morgan fingerprint density at radius 2 is 1.58 bits per heavy atom. The van der Waals surface area contributed by atoms with E-state index >= 15 is 0 Å². The van der Waals surface area contributed by atoms with Gasteiger partial charge in [0.2, 0.25) is 11.8 Å². The van der Waals surface area contributed by atoms with Gasteiger partial charge in [-0.25, -0.2) is 4.79 Å². The van der Waals surface area contributed by atoms with Crippen molar-refractivity contribution in [3.8, 4) is 0 Å². The first-order chi connectivity index (χ1) is 13.9. The Hall–Kier alpha value is -1.25. The van der Waals surface area contributed by atoms with Crippen molar-refractivity contribution in [1.82, 2.24) is 4.90 Å². The molecule has 0 aliphatic rings. The fourth-order valence-electron chi connectivity index (χ4n) is 2.91. The number of carboxylic acids is 1. The number of aliphatic carboxylic acids is 1. The van der Waals surface area contributed by atoms with Gasteiger partial charge in [0.05, 0.1) is 18.4 Å². The zero-order valence-electron chi connectivity index (χ0n) is 19.5. The lowest BCUT2D eigenvalue weighted by Crippen LogP contribution is -2.62. The Morgan fingerprint density at radius 3 is 1.97 bits per heavy atom. The molecule has 180 valence electrons. The summed E-state index contributed by atoms with van der Waals surface area (Å²) in [4.78, 5) is 50.4. The molecular weight excluding hydrogens is 502 g/mol. The Kier molecular flexibility index (Phi) is 11.6. The summed E-state index contributed by atoms with van der Waals surface area (Å²) in [5, 5.41) is 9.92. The van der Waals surface area contributed by atoms with Crippen LogP contribution in [-0.2, 0) is 23.9 Å². The molecule has 0 aromatic heterocycles. The molecule has 0 heterocycles. The van der Waals surface area contributed by atoms with E-state index in [0.29, 0.717) is 6.04 Å². The summed E-state index contributed by atoms with van der Waals surface area (Å²) in [6, 6.07) is 0.0455. The largest absolute Gasteiger partial charge is 0.479 e. The Labute approximate surface area is 195 Å². The minimum Gasteiger partial charge on any atom is -0.479 e. The van der Waals surface area contributed by atoms with E-state index in [-0.39, 0.29) is 24.9 Å². The van der Waals surface area contributed by atoms with Crippen molar-refractivity contribution < 1.29 is 29.0 Å². The van der Waals surface area contributed by atoms with Gasteiger partial charge in [-0.15, -0.1) is 0 Å². The van der Waals surface area contributed by atoms with E-state index in [0.717, 1.165) is 10.9 Å². The first-order valence-corrected chi connectivity index (χ1v) is 18.8. The van der Waals surface area contributed by atoms with Crippen LogP contribution in [-0.4, -0.2) is 80.0 Å². The third-order valence-electron chi connectivity index (χ3n) is 4.86. The monoisotopic (exact) mass is 539 g/mol. The first-order valence-electron chi connectivity index (χ1n) is 10.3. The fraction of sp³-hybridized carbons (Fsp3) is 0.789. The molecule has 0 bridgehead atoms. The highest BCUT2D eigenvalue weighted by Crippen LogP contribution is 2.31. The topological polar surface area (TPSA) is 153 Å². The highest BCUT2D eigenvalue weighted by molar-refractivity contribution is 9.09. The molecule has 0 saturated heterocycles. The molecule has 0 fully saturated rings. The standard InChI is InChI=1S/C19H38BrN3O6Si2/c1-30(2,3)9-7-19(18(27)28,11-15(22)24)23(16(25)12-20)13-14(21)17(26)29-8-10-31(4,5)6/h14H,7-13,21H2,1-6H3,(H2,22,24)(H,27,28)/t14-,19+/m1/s1. The predicted octanol–water partition coefficient (Wildman–Crippen LogP) is 1.85. The maximum Gasteiger partial charge on any atom is 0.330 e. The van der Waals surface area contributed by atoms with E-state index in [9.17, 15) is 24.3 Å². The quantitative estimate of drug-likeness (QED) is 0.173. The lowest BCUT2D eigenvalue weighted by Gasteiger charge is -2.42. The normalized spacial score (nSPS) is 15.0. The van der Waals surface area contributed by atoms with Crippen molar-refractivity contribution in [2.75, 3.05) is 18.5 Å². The molecule has 2 amide bonds. The van der Waals surface area contributed by atoms with Crippen LogP contribution in [0.1, 0.15) is 12.8 Å². The molecule has 0 aliphatic heterocycles. The maximum atomic E-state index is 12.7. The van der Waals surface area contributed by atoms with Gasteiger partial charge < -0.3 is 26.2 Å². The number of alkyl halides is 1. The smallest absolute Gasteiger partial charge is 0.330 e. The predicted molar refractivity (Wildman–Crippen MR) is 130 cm³/mol. The van der Waals surface area contributed by atoms with Crippen LogP contribution in [0.5, 0.6) is 0 Å². The summed E-state index contributed by atoms with van der Waals surface area (Å²) in [6.45, 7) is 12.4. The summed E-state index contributed by atoms with van der Waals surface area (Å²) in [7, 11) is -3.16. The highest BCUT2D eigenvalue weighted by Gasteiger charge is 2.49. The van der Waals surface area contributed by atoms with Crippen LogP contribution in [0, 0.1) is 0 Å². The molecule has 0 unspecified atom stereocenters. The number of hydrogen-bond acceptors (Lipinski definition) is 6. The van der Waals surface area contributed by atoms with Crippen LogP contribution in [0.4, 0.5) is 0 Å². The summed E-state index contributed by atoms with van der Waals surface area (Å²) < 4.78 is 5.25. The molecular formula is C19H38BrN3O6Si2. The second-order valence-electron chi connectivity index (χ2n) is 10.3. The van der Waals surface area contributed by atoms with Crippen molar-refractivity contribution in [3.63, 3.8) is 0 Å². The fourth-order valence-corrected chi connectivity index (χ4v) is 5.09. The third-order valence-corrected chi connectivity index (χ3v) is 8.80. The number of esters is 1. The van der Waals surface area contributed by atoms with E-state index in [1.165, 1.54) is 0 Å². The average Bonchev–Trinajstić information content (AvgIpc) is 2.60. The van der Waals surface area contributed by atoms with E-state index in [1.807, 2.05) is 0 Å². The summed E-state index contributed by atoms with van der Waals surface area (Å²) in [6.07, 6.45) is -0.528. The van der Waals surface area contributed by atoms with Gasteiger partial charge in [-0.1, -0.05) is 61.3 Å². The average molecular weight is 541 g/mol. The minimum absolute atomic E-state index is 0.0388. The molecule has 0 radical (unpaired) electrons. The van der Waals surface area contributed by atoms with Gasteiger partial charge in [-0.2, -0.15) is 0 Å². The molecule has 12 heteroatoms. The third kappa shape index (κ3) is 10.8. The number of amides is 2. The number of nitrogens with two attached hydrogens (primary N) is 2. The molecule has 2 atom stereocenters. The van der Waals surface area contributed by atoms with E-state index < -0.39 is 57.9 Å². The van der Waals surface area contributed by atoms with Gasteiger partial charge in [0.1, 0.15) is 11.6 Å². The second-order valence-corrected chi connectivity index (χ2v) is 22.1. The van der Waals surface area contributed by atoms with Crippen LogP contribution < -0.4 is 11.5 Å². The lowest BCUT2D eigenvalue weighted by atomic mass is 9.88. The van der Waals surface area contributed by atoms with Crippen LogP contribution in [0.3, 0.4) is 0 Å². The number of primary amides is 1. The summed E-state index contributed by atoms with van der Waals surface area (Å²) >= 11 is 3.06. The Morgan fingerprint density at radius 1 is 1.06 bits per heavy atom. The van der Waals surface area contributed by atoms with Crippen LogP contribution >= 0.6 is 15.9 Å². The van der Waals surface area contributed by atoms with Gasteiger partial charge in [-0.3, -0.25) is 14.4 Å². The maximum absolute atomic E-state index is 12.7. The number of ether oxygens (including phenoxy) is 1. The zero-order chi connectivity index (χ0) is 24.6. The van der Waals surface area contributed by atoms with E-state index in [2.05, 4.69) is 55.2 Å². The number of nitrogens with zero attached hydrogens (tertiary/aromatic N) is 1. The number of rotatable bonds is 14. The lowest BCUT2D eigenvalue weighted by molar-refractivity contribution is -0.162. The number of halogens is 1. The summed E-state index contributed by atoms with van der Waals surface area (Å²) in [5.74, 6) is -3.51. The molecule has 0 aromatic carbocycles. The Balaban J connectivity index is 5.86. The molecule has 0 aliphatic carbocycles. The van der Waals surface area contributed by atoms with Crippen molar-refractivity contribution in [2.24, 2.45) is 11.5 Å². The molecule has 31 heavy (non-hydrogen) atoms. The van der Waals surface area contributed by atoms with Crippen molar-refractivity contribution in [3.05, 3.63) is 0 Å². The number of carboxylic acid groups (broad SMARTS) is 1. The molecule has 9 nitrogen and oxygen atoms in total. The van der Waals surface area contributed by atoms with Gasteiger partial charge >= 0.3 is 11.9 Å². The molecule has 0 spiro atoms. The zero-order valence-corrected chi connectivity index (χ0v) is 23.1. The minimum atomic E-state index is -1.88. The van der Waals surface area contributed by atoms with Crippen LogP contribution in [0.25, 0.3) is 0 Å². The van der Waals surface area contributed by atoms with Gasteiger partial charge in [0, 0.05) is 22.7 Å². The number of carbonyl (C=O) groups is 4. The van der Waals surface area contributed by atoms with Gasteiger partial charge in [-0.05, 0) is 12.5 Å². The van der Waals surface area contributed by atoms with Gasteiger partial charge in [0.25, 0.3) is 0 Å². The number of hydrogen-bond donors (Lipinski definition) is 3. The van der Waals surface area contributed by atoms with Crippen LogP contribution in [0.15, 0.2) is 0 Å². The molecule has 5 N–H and O–H groups in total. The second kappa shape index (κ2) is 12.1. The summed E-state index contributed by atoms with van der Waals surface area (Å²) in [5.41, 5.74) is 9.49. The van der Waals surface area contributed by atoms with E-state index in [1.54, 1.807) is 0 Å². The Bertz CT molecular complexity index is 666. The van der Waals surface area contributed by atoms with Crippen molar-refractivity contribution in [2.45, 2.75) is 75.8 Å². The van der Waals surface area contributed by atoms with E-state index in [4.69, 9.17) is 16.2 Å². The molecule has 0 aromatic rings. The molecule has 0 saturated carbocycles. The highest BCUT2D eigenvalue weighted by atomic mass is 79.9. The molecule has 0 rings (SSSR count). The van der Waals surface area contributed by atoms with Crippen molar-refractivity contribution >= 4 is 55.8 Å². The first kappa shape index (κ1) is 29.8. The van der Waals surface area contributed by atoms with Gasteiger partial charge in [0.15, 0.2) is 0 Å². The number of carbonyl (C=O) groups excluding carboxylic acids is 3. The van der Waals surface area contributed by atoms with Crippen molar-refractivity contribution in [1.29, 1.82) is 0 Å². The van der Waals surface area contributed by atoms with Crippen LogP contribution in [0.2, 0.25) is 51.4 Å².